The fourth-order valence-corrected chi connectivity index (χ4v) is 1.66. The van der Waals surface area contributed by atoms with E-state index < -0.39 is 5.97 Å². The van der Waals surface area contributed by atoms with Crippen LogP contribution in [0.25, 0.3) is 6.08 Å². The molecule has 7 heteroatoms. The largest absolute Gasteiger partial charge is 0.504 e. The molecule has 0 unspecified atom stereocenters. The Kier molecular flexibility index (Phi) is 6.97. The summed E-state index contributed by atoms with van der Waals surface area (Å²) in [7, 11) is 3.17. The lowest BCUT2D eigenvalue weighted by Gasteiger charge is -2.06. The van der Waals surface area contributed by atoms with Gasteiger partial charge in [0.1, 0.15) is 0 Å². The van der Waals surface area contributed by atoms with Gasteiger partial charge < -0.3 is 30.5 Å². The number of nitrogen functional groups attached to an aromatic ring is 1. The number of aliphatic carboxylic acids is 1. The first-order chi connectivity index (χ1) is 11.4. The fourth-order valence-electron chi connectivity index (χ4n) is 1.66. The third kappa shape index (κ3) is 5.80. The summed E-state index contributed by atoms with van der Waals surface area (Å²) in [5.41, 5.74) is 6.70. The summed E-state index contributed by atoms with van der Waals surface area (Å²) in [6.45, 7) is 0. The predicted molar refractivity (Wildman–Crippen MR) is 90.4 cm³/mol. The number of ether oxygens (including phenoxy) is 2. The monoisotopic (exact) mass is 333 g/mol. The number of phenols is 2. The van der Waals surface area contributed by atoms with Gasteiger partial charge >= 0.3 is 5.97 Å². The molecule has 0 heterocycles. The van der Waals surface area contributed by atoms with E-state index in [0.29, 0.717) is 22.7 Å². The zero-order valence-electron chi connectivity index (χ0n) is 13.3. The third-order valence-electron chi connectivity index (χ3n) is 2.83. The lowest BCUT2D eigenvalue weighted by atomic mass is 10.2. The van der Waals surface area contributed by atoms with Crippen LogP contribution >= 0.6 is 0 Å². The lowest BCUT2D eigenvalue weighted by Crippen LogP contribution is -1.92. The zero-order valence-corrected chi connectivity index (χ0v) is 13.3. The average molecular weight is 333 g/mol. The van der Waals surface area contributed by atoms with Crippen molar-refractivity contribution in [3.8, 4) is 23.0 Å². The number of carboxylic acids is 1. The molecule has 5 N–H and O–H groups in total. The van der Waals surface area contributed by atoms with Crippen LogP contribution in [0.4, 0.5) is 5.69 Å². The molecule has 0 bridgehead atoms. The Labute approximate surface area is 139 Å². The van der Waals surface area contributed by atoms with Gasteiger partial charge in [-0.3, -0.25) is 0 Å². The maximum Gasteiger partial charge on any atom is 0.328 e. The highest BCUT2D eigenvalue weighted by Gasteiger charge is 2.01. The first-order valence-electron chi connectivity index (χ1n) is 6.78. The van der Waals surface area contributed by atoms with Gasteiger partial charge in [0.05, 0.1) is 14.2 Å². The van der Waals surface area contributed by atoms with Gasteiger partial charge in [-0.1, -0.05) is 6.07 Å². The van der Waals surface area contributed by atoms with Crippen LogP contribution in [-0.2, 0) is 4.79 Å². The molecule has 0 amide bonds. The highest BCUT2D eigenvalue weighted by atomic mass is 16.5. The minimum absolute atomic E-state index is 0.229. The summed E-state index contributed by atoms with van der Waals surface area (Å²) in [5.74, 6) is -0.207. The lowest BCUT2D eigenvalue weighted by molar-refractivity contribution is -0.131. The molecule has 128 valence electrons. The molecular weight excluding hydrogens is 314 g/mol. The van der Waals surface area contributed by atoms with Gasteiger partial charge in [-0.15, -0.1) is 0 Å². The van der Waals surface area contributed by atoms with E-state index in [1.807, 2.05) is 0 Å². The highest BCUT2D eigenvalue weighted by molar-refractivity contribution is 5.85. The highest BCUT2D eigenvalue weighted by Crippen LogP contribution is 2.28. The molecule has 0 spiro atoms. The van der Waals surface area contributed by atoms with E-state index in [2.05, 4.69) is 0 Å². The molecule has 0 saturated carbocycles. The summed E-state index contributed by atoms with van der Waals surface area (Å²) < 4.78 is 10.0. The van der Waals surface area contributed by atoms with Crippen LogP contribution in [0.1, 0.15) is 5.56 Å². The Balaban J connectivity index is 0.000000243. The molecule has 24 heavy (non-hydrogen) atoms. The Morgan fingerprint density at radius 3 is 2.21 bits per heavy atom. The average Bonchev–Trinajstić information content (AvgIpc) is 2.56. The van der Waals surface area contributed by atoms with Crippen LogP contribution in [0.3, 0.4) is 0 Å². The van der Waals surface area contributed by atoms with Gasteiger partial charge in [-0.2, -0.15) is 0 Å². The Bertz CT molecular complexity index is 727. The van der Waals surface area contributed by atoms with Gasteiger partial charge in [-0.05, 0) is 35.9 Å². The summed E-state index contributed by atoms with van der Waals surface area (Å²) in [5, 5.41) is 26.3. The standard InChI is InChI=1S/C9H8O4.C8H11NO2/c10-7-3-1-6(5-8(7)11)2-4-9(12)13;1-10-7-4-3-6(9)5-8(7)11-2/h1-5,10-11H,(H,12,13);3-5H,9H2,1-2H3. The molecule has 2 aromatic rings. The summed E-state index contributed by atoms with van der Waals surface area (Å²) in [6.07, 6.45) is 2.27. The quantitative estimate of drug-likeness (QED) is 0.385. The van der Waals surface area contributed by atoms with Crippen LogP contribution in [0, 0.1) is 0 Å². The molecule has 0 fully saturated rings. The zero-order chi connectivity index (χ0) is 18.1. The van der Waals surface area contributed by atoms with E-state index in [-0.39, 0.29) is 11.5 Å². The van der Waals surface area contributed by atoms with Crippen LogP contribution in [0.15, 0.2) is 42.5 Å². The molecule has 0 saturated heterocycles. The minimum Gasteiger partial charge on any atom is -0.504 e. The number of phenolic OH excluding ortho intramolecular Hbond substituents is 2. The number of carbonyl (C=O) groups is 1. The second-order valence-corrected chi connectivity index (χ2v) is 4.53. The first-order valence-corrected chi connectivity index (χ1v) is 6.78. The molecule has 0 aromatic heterocycles. The molecule has 2 aromatic carbocycles. The van der Waals surface area contributed by atoms with Crippen LogP contribution < -0.4 is 15.2 Å². The molecule has 0 radical (unpaired) electrons. The topological polar surface area (TPSA) is 122 Å². The number of rotatable bonds is 4. The number of hydrogen-bond acceptors (Lipinski definition) is 6. The van der Waals surface area contributed by atoms with Crippen LogP contribution in [-0.4, -0.2) is 35.5 Å². The maximum atomic E-state index is 10.1. The smallest absolute Gasteiger partial charge is 0.328 e. The van der Waals surface area contributed by atoms with E-state index in [1.54, 1.807) is 32.4 Å². The van der Waals surface area contributed by atoms with Crippen LogP contribution in [0.2, 0.25) is 0 Å². The predicted octanol–water partition coefficient (Wildman–Crippen LogP) is 2.48. The molecule has 7 nitrogen and oxygen atoms in total. The van der Waals surface area contributed by atoms with E-state index >= 15 is 0 Å². The SMILES string of the molecule is COc1ccc(N)cc1OC.O=C(O)C=Cc1ccc(O)c(O)c1. The van der Waals surface area contributed by atoms with Crippen molar-refractivity contribution in [2.75, 3.05) is 20.0 Å². The minimum atomic E-state index is -1.06. The van der Waals surface area contributed by atoms with Crippen molar-refractivity contribution < 1.29 is 29.6 Å². The number of nitrogens with two attached hydrogens (primary N) is 1. The van der Waals surface area contributed by atoms with Gasteiger partial charge in [0, 0.05) is 17.8 Å². The number of methoxy groups -OCH3 is 2. The number of carboxylic acid groups (broad SMARTS) is 1. The van der Waals surface area contributed by atoms with Crippen molar-refractivity contribution in [2.45, 2.75) is 0 Å². The molecule has 2 rings (SSSR count). The van der Waals surface area contributed by atoms with E-state index in [0.717, 1.165) is 6.08 Å². The normalized spacial score (nSPS) is 9.92. The van der Waals surface area contributed by atoms with Gasteiger partial charge in [0.15, 0.2) is 23.0 Å². The molecule has 0 aliphatic heterocycles. The summed E-state index contributed by atoms with van der Waals surface area (Å²) >= 11 is 0. The number of hydrogen-bond donors (Lipinski definition) is 4. The van der Waals surface area contributed by atoms with Gasteiger partial charge in [-0.25, -0.2) is 4.79 Å². The van der Waals surface area contributed by atoms with Crippen molar-refractivity contribution in [2.24, 2.45) is 0 Å². The van der Waals surface area contributed by atoms with Crippen molar-refractivity contribution >= 4 is 17.7 Å². The Hall–Kier alpha value is -3.35. The molecular formula is C17H19NO6. The molecule has 0 aliphatic rings. The Morgan fingerprint density at radius 2 is 1.67 bits per heavy atom. The van der Waals surface area contributed by atoms with E-state index in [9.17, 15) is 4.79 Å². The Morgan fingerprint density at radius 1 is 1.00 bits per heavy atom. The molecule has 0 aliphatic carbocycles. The van der Waals surface area contributed by atoms with Crippen LogP contribution in [0.5, 0.6) is 23.0 Å². The van der Waals surface area contributed by atoms with Crippen molar-refractivity contribution in [1.82, 2.24) is 0 Å². The van der Waals surface area contributed by atoms with E-state index in [1.165, 1.54) is 24.3 Å². The fraction of sp³-hybridized carbons (Fsp3) is 0.118. The van der Waals surface area contributed by atoms with Gasteiger partial charge in [0.2, 0.25) is 0 Å². The van der Waals surface area contributed by atoms with E-state index in [4.69, 9.17) is 30.5 Å². The number of benzene rings is 2. The number of aromatic hydroxyl groups is 2. The molecule has 0 atom stereocenters. The second kappa shape index (κ2) is 8.94. The number of anilines is 1. The maximum absolute atomic E-state index is 10.1. The summed E-state index contributed by atoms with van der Waals surface area (Å²) in [4.78, 5) is 10.1. The van der Waals surface area contributed by atoms with Crippen molar-refractivity contribution in [3.63, 3.8) is 0 Å². The van der Waals surface area contributed by atoms with Crippen molar-refractivity contribution in [3.05, 3.63) is 48.0 Å². The van der Waals surface area contributed by atoms with Crippen molar-refractivity contribution in [1.29, 1.82) is 0 Å². The first kappa shape index (κ1) is 18.7. The third-order valence-corrected chi connectivity index (χ3v) is 2.83. The van der Waals surface area contributed by atoms with Gasteiger partial charge in [0.25, 0.3) is 0 Å². The summed E-state index contributed by atoms with van der Waals surface area (Å²) in [6, 6.07) is 9.31. The second-order valence-electron chi connectivity index (χ2n) is 4.53.